The van der Waals surface area contributed by atoms with Crippen LogP contribution in [0.5, 0.6) is 0 Å². The van der Waals surface area contributed by atoms with Crippen molar-refractivity contribution in [3.8, 4) is 11.1 Å². The second-order valence-corrected chi connectivity index (χ2v) is 10.3. The number of hydrogen-bond acceptors (Lipinski definition) is 5. The zero-order chi connectivity index (χ0) is 23.8. The predicted octanol–water partition coefficient (Wildman–Crippen LogP) is 3.76. The van der Waals surface area contributed by atoms with Gasteiger partial charge < -0.3 is 14.6 Å². The molecule has 2 aliphatic heterocycles. The lowest BCUT2D eigenvalue weighted by molar-refractivity contribution is -0.107. The first kappa shape index (κ1) is 25.1. The van der Waals surface area contributed by atoms with Crippen LogP contribution in [0.25, 0.3) is 11.1 Å². The number of aldehydes is 1. The van der Waals surface area contributed by atoms with Crippen molar-refractivity contribution in [1.29, 1.82) is 0 Å². The van der Waals surface area contributed by atoms with Gasteiger partial charge >= 0.3 is 0 Å². The van der Waals surface area contributed by atoms with Crippen LogP contribution in [0.2, 0.25) is 0 Å². The Balaban J connectivity index is 1.45. The third-order valence-corrected chi connectivity index (χ3v) is 7.40. The Morgan fingerprint density at radius 2 is 1.29 bits per heavy atom. The first-order valence-electron chi connectivity index (χ1n) is 13.1. The van der Waals surface area contributed by atoms with Crippen molar-refractivity contribution in [3.63, 3.8) is 0 Å². The summed E-state index contributed by atoms with van der Waals surface area (Å²) in [4.78, 5) is 21.1. The maximum absolute atomic E-state index is 11.2. The maximum atomic E-state index is 11.2. The van der Waals surface area contributed by atoms with Crippen LogP contribution in [-0.2, 0) is 24.3 Å². The van der Waals surface area contributed by atoms with Crippen LogP contribution in [0.1, 0.15) is 36.0 Å². The molecule has 0 spiro atoms. The Labute approximate surface area is 206 Å². The summed E-state index contributed by atoms with van der Waals surface area (Å²) in [5.41, 5.74) is 6.55. The fraction of sp³-hybridized carbons (Fsp3) is 0.552. The monoisotopic (exact) mass is 462 g/mol. The van der Waals surface area contributed by atoms with Gasteiger partial charge in [0.1, 0.15) is 6.29 Å². The van der Waals surface area contributed by atoms with Gasteiger partial charge in [-0.1, -0.05) is 42.5 Å². The van der Waals surface area contributed by atoms with Crippen LogP contribution in [0.4, 0.5) is 0 Å². The molecular weight excluding hydrogens is 420 g/mol. The number of carbonyl (C=O) groups is 1. The van der Waals surface area contributed by atoms with Crippen molar-refractivity contribution in [2.45, 2.75) is 38.8 Å². The van der Waals surface area contributed by atoms with Gasteiger partial charge in [-0.2, -0.15) is 0 Å². The highest BCUT2D eigenvalue weighted by Gasteiger charge is 2.15. The van der Waals surface area contributed by atoms with Crippen LogP contribution in [-0.4, -0.2) is 92.3 Å². The number of hydrogen-bond donors (Lipinski definition) is 0. The van der Waals surface area contributed by atoms with E-state index in [0.29, 0.717) is 6.42 Å². The molecule has 34 heavy (non-hydrogen) atoms. The number of nitrogens with zero attached hydrogens (tertiary/aromatic N) is 4. The highest BCUT2D eigenvalue weighted by atomic mass is 16.1. The average Bonchev–Trinajstić information content (AvgIpc) is 3.18. The van der Waals surface area contributed by atoms with Crippen LogP contribution in [0.15, 0.2) is 42.5 Å². The minimum absolute atomic E-state index is 0.576. The summed E-state index contributed by atoms with van der Waals surface area (Å²) < 4.78 is 0. The zero-order valence-corrected chi connectivity index (χ0v) is 21.2. The van der Waals surface area contributed by atoms with E-state index in [0.717, 1.165) is 58.5 Å². The lowest BCUT2D eigenvalue weighted by Crippen LogP contribution is -2.28. The molecule has 0 bridgehead atoms. The largest absolute Gasteiger partial charge is 0.305 e. The summed E-state index contributed by atoms with van der Waals surface area (Å²) >= 11 is 0. The van der Waals surface area contributed by atoms with E-state index in [2.05, 4.69) is 76.2 Å². The summed E-state index contributed by atoms with van der Waals surface area (Å²) in [7, 11) is 4.44. The number of rotatable bonds is 8. The van der Waals surface area contributed by atoms with E-state index in [9.17, 15) is 4.79 Å². The van der Waals surface area contributed by atoms with Crippen molar-refractivity contribution in [2.24, 2.45) is 0 Å². The molecule has 0 N–H and O–H groups in total. The van der Waals surface area contributed by atoms with E-state index in [-0.39, 0.29) is 0 Å². The van der Waals surface area contributed by atoms with Crippen LogP contribution >= 0.6 is 0 Å². The van der Waals surface area contributed by atoms with E-state index >= 15 is 0 Å². The van der Waals surface area contributed by atoms with Crippen LogP contribution in [0, 0.1) is 0 Å². The Bertz CT molecular complexity index is 913. The smallest absolute Gasteiger partial charge is 0.120 e. The van der Waals surface area contributed by atoms with Crippen molar-refractivity contribution < 1.29 is 4.79 Å². The molecule has 184 valence electrons. The minimum atomic E-state index is 0.576. The number of aryl methyl sites for hydroxylation is 1. The van der Waals surface area contributed by atoms with Gasteiger partial charge in [0, 0.05) is 45.7 Å². The van der Waals surface area contributed by atoms with Crippen LogP contribution < -0.4 is 0 Å². The van der Waals surface area contributed by atoms with E-state index in [4.69, 9.17) is 0 Å². The van der Waals surface area contributed by atoms with Crippen molar-refractivity contribution in [1.82, 2.24) is 19.6 Å². The van der Waals surface area contributed by atoms with Gasteiger partial charge in [0.15, 0.2) is 0 Å². The normalized spacial score (nSPS) is 19.6. The summed E-state index contributed by atoms with van der Waals surface area (Å²) in [6, 6.07) is 16.0. The third-order valence-electron chi connectivity index (χ3n) is 7.40. The number of benzene rings is 2. The van der Waals surface area contributed by atoms with E-state index in [1.807, 2.05) is 0 Å². The fourth-order valence-electron chi connectivity index (χ4n) is 5.27. The zero-order valence-electron chi connectivity index (χ0n) is 21.2. The van der Waals surface area contributed by atoms with Crippen molar-refractivity contribution in [3.05, 3.63) is 59.2 Å². The molecule has 4 rings (SSSR count). The molecule has 2 saturated heterocycles. The molecule has 0 aliphatic carbocycles. The number of likely N-dealkylation sites (N-methyl/N-ethyl adjacent to an activating group) is 2. The van der Waals surface area contributed by atoms with Gasteiger partial charge in [-0.15, -0.1) is 0 Å². The fourth-order valence-corrected chi connectivity index (χ4v) is 5.27. The number of carbonyl (C=O) groups excluding carboxylic acids is 1. The average molecular weight is 463 g/mol. The van der Waals surface area contributed by atoms with Crippen LogP contribution in [0.3, 0.4) is 0 Å². The Kier molecular flexibility index (Phi) is 9.28. The topological polar surface area (TPSA) is 30.0 Å². The lowest BCUT2D eigenvalue weighted by atomic mass is 9.94. The van der Waals surface area contributed by atoms with Gasteiger partial charge in [0.05, 0.1) is 0 Å². The molecule has 2 fully saturated rings. The van der Waals surface area contributed by atoms with Gasteiger partial charge in [0.25, 0.3) is 0 Å². The predicted molar refractivity (Wildman–Crippen MR) is 141 cm³/mol. The maximum Gasteiger partial charge on any atom is 0.120 e. The highest BCUT2D eigenvalue weighted by molar-refractivity contribution is 5.69. The molecule has 2 heterocycles. The summed E-state index contributed by atoms with van der Waals surface area (Å²) in [6.07, 6.45) is 4.90. The van der Waals surface area contributed by atoms with Gasteiger partial charge in [-0.3, -0.25) is 9.80 Å². The molecule has 0 amide bonds. The molecule has 0 radical (unpaired) electrons. The second kappa shape index (κ2) is 12.6. The summed E-state index contributed by atoms with van der Waals surface area (Å²) in [5, 5.41) is 0. The Morgan fingerprint density at radius 1 is 0.706 bits per heavy atom. The summed E-state index contributed by atoms with van der Waals surface area (Å²) in [5.74, 6) is 0. The molecule has 0 saturated carbocycles. The third kappa shape index (κ3) is 7.22. The lowest BCUT2D eigenvalue weighted by Gasteiger charge is -2.21. The molecule has 2 aromatic rings. The first-order chi connectivity index (χ1) is 16.6. The molecule has 2 aliphatic rings. The van der Waals surface area contributed by atoms with Crippen molar-refractivity contribution >= 4 is 6.29 Å². The molecule has 0 aromatic heterocycles. The SMILES string of the molecule is CN1CCCN(Cc2ccc(-c3ccc(CN4CCCN(C)CC4)cc3CCC=O)cc2)CC1. The van der Waals surface area contributed by atoms with Gasteiger partial charge in [-0.05, 0) is 87.4 Å². The first-order valence-corrected chi connectivity index (χ1v) is 13.1. The molecule has 2 aromatic carbocycles. The van der Waals surface area contributed by atoms with E-state index in [1.165, 1.54) is 60.3 Å². The summed E-state index contributed by atoms with van der Waals surface area (Å²) in [6.45, 7) is 11.3. The van der Waals surface area contributed by atoms with Gasteiger partial charge in [0.2, 0.25) is 0 Å². The Hall–Kier alpha value is -2.05. The van der Waals surface area contributed by atoms with E-state index < -0.39 is 0 Å². The highest BCUT2D eigenvalue weighted by Crippen LogP contribution is 2.27. The van der Waals surface area contributed by atoms with Crippen molar-refractivity contribution in [2.75, 3.05) is 66.5 Å². The molecular formula is C29H42N4O. The molecule has 0 unspecified atom stereocenters. The molecule has 0 atom stereocenters. The standard InChI is InChI=1S/C29H42N4O/c1-30-13-4-15-32(19-17-30)23-25-7-10-27(11-8-25)29-12-9-26(22-28(29)6-3-21-34)24-33-16-5-14-31(2)18-20-33/h7-12,21-22H,3-6,13-20,23-24H2,1-2H3. The van der Waals surface area contributed by atoms with Gasteiger partial charge in [-0.25, -0.2) is 0 Å². The molecule has 5 heteroatoms. The minimum Gasteiger partial charge on any atom is -0.305 e. The second-order valence-electron chi connectivity index (χ2n) is 10.3. The molecule has 5 nitrogen and oxygen atoms in total. The van der Waals surface area contributed by atoms with E-state index in [1.54, 1.807) is 0 Å². The quantitative estimate of drug-likeness (QED) is 0.558. The Morgan fingerprint density at radius 3 is 1.91 bits per heavy atom.